The van der Waals surface area contributed by atoms with Crippen molar-refractivity contribution in [2.45, 2.75) is 50.4 Å². The Morgan fingerprint density at radius 2 is 1.81 bits per heavy atom. The van der Waals surface area contributed by atoms with Crippen LogP contribution in [-0.4, -0.2) is 76.4 Å². The zero-order valence-corrected chi connectivity index (χ0v) is 18.6. The summed E-state index contributed by atoms with van der Waals surface area (Å²) in [6.45, 7) is 6.30. The van der Waals surface area contributed by atoms with Gasteiger partial charge in [-0.3, -0.25) is 9.59 Å². The van der Waals surface area contributed by atoms with Crippen molar-refractivity contribution in [2.75, 3.05) is 32.8 Å². The fourth-order valence-electron chi connectivity index (χ4n) is 3.45. The first-order valence-electron chi connectivity index (χ1n) is 10.2. The lowest BCUT2D eigenvalue weighted by Crippen LogP contribution is -2.51. The molecule has 0 saturated carbocycles. The Balaban J connectivity index is 1.55. The van der Waals surface area contributed by atoms with E-state index in [0.29, 0.717) is 44.2 Å². The normalized spacial score (nSPS) is 22.4. The number of hydrogen-bond acceptors (Lipinski definition) is 8. The molecule has 11 heteroatoms. The Hall–Kier alpha value is -2.37. The molecule has 3 rings (SSSR count). The molecular weight excluding hydrogens is 428 g/mol. The summed E-state index contributed by atoms with van der Waals surface area (Å²) in [5.41, 5.74) is 0. The van der Waals surface area contributed by atoms with Crippen LogP contribution in [0.1, 0.15) is 27.2 Å². The summed E-state index contributed by atoms with van der Waals surface area (Å²) in [6.07, 6.45) is -0.567. The molecule has 31 heavy (non-hydrogen) atoms. The summed E-state index contributed by atoms with van der Waals surface area (Å²) in [5, 5.41) is 0. The lowest BCUT2D eigenvalue weighted by molar-refractivity contribution is -0.163. The monoisotopic (exact) mass is 456 g/mol. The highest BCUT2D eigenvalue weighted by molar-refractivity contribution is 7.89. The molecule has 3 atom stereocenters. The van der Waals surface area contributed by atoms with E-state index in [9.17, 15) is 18.0 Å². The number of esters is 1. The van der Waals surface area contributed by atoms with Crippen LogP contribution in [0.25, 0.3) is 0 Å². The molecule has 10 nitrogen and oxygen atoms in total. The first kappa shape index (κ1) is 23.3. The first-order chi connectivity index (χ1) is 14.7. The highest BCUT2D eigenvalue weighted by Gasteiger charge is 2.30. The number of rotatable bonds is 6. The zero-order valence-electron chi connectivity index (χ0n) is 17.8. The molecule has 1 N–H and O–H groups in total. The van der Waals surface area contributed by atoms with E-state index in [-0.39, 0.29) is 23.0 Å². The molecule has 2 heterocycles. The predicted octanol–water partition coefficient (Wildman–Crippen LogP) is 0.694. The van der Waals surface area contributed by atoms with Crippen LogP contribution >= 0.6 is 0 Å². The summed E-state index contributed by atoms with van der Waals surface area (Å²) in [7, 11) is -3.99. The molecule has 1 aromatic rings. The second kappa shape index (κ2) is 9.84. The molecule has 1 saturated heterocycles. The minimum atomic E-state index is -3.99. The molecule has 1 fully saturated rings. The van der Waals surface area contributed by atoms with Crippen LogP contribution < -0.4 is 14.2 Å². The quantitative estimate of drug-likeness (QED) is 0.621. The third-order valence-corrected chi connectivity index (χ3v) is 6.22. The molecule has 2 aliphatic rings. The minimum absolute atomic E-state index is 0.0648. The van der Waals surface area contributed by atoms with E-state index in [1.165, 1.54) is 25.1 Å². The second-order valence-corrected chi connectivity index (χ2v) is 9.38. The van der Waals surface area contributed by atoms with E-state index >= 15 is 0 Å². The van der Waals surface area contributed by atoms with Crippen LogP contribution in [0.5, 0.6) is 11.5 Å². The maximum atomic E-state index is 12.5. The van der Waals surface area contributed by atoms with Gasteiger partial charge in [-0.2, -0.15) is 4.72 Å². The number of carbonyl (C=O) groups is 2. The molecule has 1 aromatic carbocycles. The standard InChI is InChI=1S/C20H28N2O8S/c1-13-11-22(12-14(2)29-13)20(24)15(3)30-19(23)10-21-31(25,26)16-5-6-17-18(9-16)28-8-4-7-27-17/h5-6,9,13-15,21H,4,7-8,10-12H2,1-3H3. The smallest absolute Gasteiger partial charge is 0.321 e. The second-order valence-electron chi connectivity index (χ2n) is 7.62. The maximum Gasteiger partial charge on any atom is 0.321 e. The number of ether oxygens (including phenoxy) is 4. The van der Waals surface area contributed by atoms with Crippen LogP contribution in [0.4, 0.5) is 0 Å². The Morgan fingerprint density at radius 3 is 2.48 bits per heavy atom. The van der Waals surface area contributed by atoms with Gasteiger partial charge in [0.2, 0.25) is 10.0 Å². The van der Waals surface area contributed by atoms with Crippen molar-refractivity contribution < 1.29 is 37.0 Å². The van der Waals surface area contributed by atoms with E-state index < -0.39 is 28.6 Å². The van der Waals surface area contributed by atoms with Gasteiger partial charge in [0.1, 0.15) is 6.54 Å². The fourth-order valence-corrected chi connectivity index (χ4v) is 4.44. The molecule has 0 aromatic heterocycles. The Morgan fingerprint density at radius 1 is 1.16 bits per heavy atom. The average molecular weight is 457 g/mol. The topological polar surface area (TPSA) is 120 Å². The number of fused-ring (bicyclic) bond motifs is 1. The fraction of sp³-hybridized carbons (Fsp3) is 0.600. The molecular formula is C20H28N2O8S. The first-order valence-corrected chi connectivity index (χ1v) is 11.7. The number of amides is 1. The van der Waals surface area contributed by atoms with Gasteiger partial charge in [0.25, 0.3) is 5.91 Å². The Bertz CT molecular complexity index is 910. The van der Waals surface area contributed by atoms with Crippen LogP contribution in [0.3, 0.4) is 0 Å². The highest BCUT2D eigenvalue weighted by atomic mass is 32.2. The summed E-state index contributed by atoms with van der Waals surface area (Å²) in [6, 6.07) is 4.23. The number of nitrogens with zero attached hydrogens (tertiary/aromatic N) is 1. The van der Waals surface area contributed by atoms with Gasteiger partial charge in [-0.15, -0.1) is 0 Å². The number of morpholine rings is 1. The van der Waals surface area contributed by atoms with Crippen molar-refractivity contribution >= 4 is 21.9 Å². The summed E-state index contributed by atoms with van der Waals surface area (Å²) in [4.78, 5) is 26.2. The van der Waals surface area contributed by atoms with E-state index in [0.717, 1.165) is 0 Å². The van der Waals surface area contributed by atoms with Crippen LogP contribution in [0, 0.1) is 0 Å². The van der Waals surface area contributed by atoms with E-state index in [1.807, 2.05) is 13.8 Å². The molecule has 0 bridgehead atoms. The lowest BCUT2D eigenvalue weighted by Gasteiger charge is -2.36. The average Bonchev–Trinajstić information content (AvgIpc) is 2.96. The van der Waals surface area contributed by atoms with Crippen LogP contribution in [0.15, 0.2) is 23.1 Å². The Labute approximate surface area is 181 Å². The van der Waals surface area contributed by atoms with Gasteiger partial charge in [-0.05, 0) is 32.9 Å². The number of sulfonamides is 1. The molecule has 0 aliphatic carbocycles. The minimum Gasteiger partial charge on any atom is -0.490 e. The summed E-state index contributed by atoms with van der Waals surface area (Å²) >= 11 is 0. The van der Waals surface area contributed by atoms with Crippen molar-refractivity contribution in [2.24, 2.45) is 0 Å². The summed E-state index contributed by atoms with van der Waals surface area (Å²) in [5.74, 6) is -0.402. The molecule has 0 radical (unpaired) electrons. The molecule has 0 spiro atoms. The van der Waals surface area contributed by atoms with E-state index in [1.54, 1.807) is 4.90 Å². The van der Waals surface area contributed by atoms with Gasteiger partial charge < -0.3 is 23.8 Å². The van der Waals surface area contributed by atoms with Gasteiger partial charge in [-0.25, -0.2) is 8.42 Å². The van der Waals surface area contributed by atoms with Gasteiger partial charge in [0, 0.05) is 25.6 Å². The molecule has 172 valence electrons. The molecule has 1 amide bonds. The zero-order chi connectivity index (χ0) is 22.6. The third kappa shape index (κ3) is 6.08. The van der Waals surface area contributed by atoms with Crippen molar-refractivity contribution in [1.82, 2.24) is 9.62 Å². The van der Waals surface area contributed by atoms with Crippen LogP contribution in [0.2, 0.25) is 0 Å². The number of carbonyl (C=O) groups excluding carboxylic acids is 2. The van der Waals surface area contributed by atoms with Gasteiger partial charge in [0.05, 0.1) is 30.3 Å². The molecule has 2 aliphatic heterocycles. The third-order valence-electron chi connectivity index (χ3n) is 4.82. The van der Waals surface area contributed by atoms with Crippen LogP contribution in [-0.2, 0) is 29.1 Å². The van der Waals surface area contributed by atoms with Crippen molar-refractivity contribution in [3.8, 4) is 11.5 Å². The SMILES string of the molecule is CC1CN(C(=O)C(C)OC(=O)CNS(=O)(=O)c2ccc3c(c2)OCCCO3)CC(C)O1. The van der Waals surface area contributed by atoms with Gasteiger partial charge in [-0.1, -0.05) is 0 Å². The number of nitrogens with one attached hydrogen (secondary N) is 1. The van der Waals surface area contributed by atoms with Crippen molar-refractivity contribution in [3.05, 3.63) is 18.2 Å². The van der Waals surface area contributed by atoms with Crippen molar-refractivity contribution in [3.63, 3.8) is 0 Å². The number of hydrogen-bond donors (Lipinski definition) is 1. The van der Waals surface area contributed by atoms with E-state index in [2.05, 4.69) is 4.72 Å². The largest absolute Gasteiger partial charge is 0.490 e. The number of benzene rings is 1. The van der Waals surface area contributed by atoms with E-state index in [4.69, 9.17) is 18.9 Å². The Kier molecular flexibility index (Phi) is 7.39. The predicted molar refractivity (Wildman–Crippen MR) is 109 cm³/mol. The maximum absolute atomic E-state index is 12.5. The van der Waals surface area contributed by atoms with Crippen molar-refractivity contribution in [1.29, 1.82) is 0 Å². The summed E-state index contributed by atoms with van der Waals surface area (Å²) < 4.78 is 49.0. The molecule has 3 unspecified atom stereocenters. The highest BCUT2D eigenvalue weighted by Crippen LogP contribution is 2.31. The van der Waals surface area contributed by atoms with Gasteiger partial charge >= 0.3 is 5.97 Å². The van der Waals surface area contributed by atoms with Gasteiger partial charge in [0.15, 0.2) is 17.6 Å². The lowest BCUT2D eigenvalue weighted by atomic mass is 10.2.